The van der Waals surface area contributed by atoms with E-state index in [1.165, 1.54) is 5.56 Å². The smallest absolute Gasteiger partial charge is 0.194 e. The van der Waals surface area contributed by atoms with E-state index < -0.39 is 7.80 Å². The zero-order valence-corrected chi connectivity index (χ0v) is 19.7. The molecule has 0 bridgehead atoms. The topological polar surface area (TPSA) is 34.1 Å². The van der Waals surface area contributed by atoms with Crippen LogP contribution in [0.2, 0.25) is 0 Å². The number of benzene rings is 2. The van der Waals surface area contributed by atoms with Crippen molar-refractivity contribution in [2.45, 2.75) is 61.8 Å². The normalized spacial score (nSPS) is 14.0. The molecule has 0 saturated carbocycles. The van der Waals surface area contributed by atoms with Gasteiger partial charge in [-0.05, 0) is 67.7 Å². The predicted molar refractivity (Wildman–Crippen MR) is 122 cm³/mol. The van der Waals surface area contributed by atoms with E-state index in [2.05, 4.69) is 47.6 Å². The van der Waals surface area contributed by atoms with Crippen LogP contribution in [0.1, 0.15) is 72.3 Å². The Bertz CT molecular complexity index is 903. The maximum atomic E-state index is 13.5. The molecule has 152 valence electrons. The van der Waals surface area contributed by atoms with Gasteiger partial charge in [0.15, 0.2) is 5.78 Å². The average molecular weight is 399 g/mol. The highest BCUT2D eigenvalue weighted by Crippen LogP contribution is 2.33. The molecule has 2 nitrogen and oxygen atoms in total. The van der Waals surface area contributed by atoms with E-state index in [4.69, 9.17) is 0 Å². The van der Waals surface area contributed by atoms with Gasteiger partial charge >= 0.3 is 0 Å². The second-order valence-corrected chi connectivity index (χ2v) is 11.3. The van der Waals surface area contributed by atoms with Crippen molar-refractivity contribution >= 4 is 18.9 Å². The summed E-state index contributed by atoms with van der Waals surface area (Å²) in [4.78, 5) is 13.5. The van der Waals surface area contributed by atoms with Crippen LogP contribution >= 0.6 is 7.80 Å². The summed E-state index contributed by atoms with van der Waals surface area (Å²) >= 11 is 0. The summed E-state index contributed by atoms with van der Waals surface area (Å²) in [7, 11) is -2.03. The largest absolute Gasteiger partial charge is 0.322 e. The van der Waals surface area contributed by atoms with E-state index in [1.54, 1.807) is 0 Å². The number of aryl methyl sites for hydroxylation is 2. The highest BCUT2D eigenvalue weighted by Gasteiger charge is 2.23. The van der Waals surface area contributed by atoms with Gasteiger partial charge in [0.2, 0.25) is 0 Å². The van der Waals surface area contributed by atoms with E-state index in [0.717, 1.165) is 34.0 Å². The lowest BCUT2D eigenvalue weighted by molar-refractivity contribution is 0.103. The maximum absolute atomic E-state index is 13.5. The molecule has 2 unspecified atom stereocenters. The number of hydrogen-bond acceptors (Lipinski definition) is 2. The fraction of sp³-hybridized carbons (Fsp3) is 0.480. The lowest BCUT2D eigenvalue weighted by Crippen LogP contribution is -2.19. The summed E-state index contributed by atoms with van der Waals surface area (Å²) in [6.07, 6.45) is 1.67. The van der Waals surface area contributed by atoms with E-state index in [9.17, 15) is 9.36 Å². The first kappa shape index (κ1) is 22.6. The molecule has 0 saturated heterocycles. The second-order valence-electron chi connectivity index (χ2n) is 9.51. The van der Waals surface area contributed by atoms with Crippen molar-refractivity contribution in [1.82, 2.24) is 0 Å². The van der Waals surface area contributed by atoms with Crippen molar-refractivity contribution in [3.8, 4) is 0 Å². The zero-order valence-electron chi connectivity index (χ0n) is 18.7. The minimum Gasteiger partial charge on any atom is -0.322 e. The van der Waals surface area contributed by atoms with Crippen LogP contribution in [-0.4, -0.2) is 11.9 Å². The molecule has 3 heteroatoms. The third kappa shape index (κ3) is 5.23. The molecule has 0 spiro atoms. The number of carbonyl (C=O) groups excluding carboxylic acids is 1. The van der Waals surface area contributed by atoms with Gasteiger partial charge in [-0.15, -0.1) is 0 Å². The van der Waals surface area contributed by atoms with E-state index in [1.807, 2.05) is 38.1 Å². The first-order valence-corrected chi connectivity index (χ1v) is 11.8. The Balaban J connectivity index is 2.41. The number of carbonyl (C=O) groups is 1. The van der Waals surface area contributed by atoms with Crippen LogP contribution in [0.15, 0.2) is 30.3 Å². The van der Waals surface area contributed by atoms with Crippen LogP contribution in [0.3, 0.4) is 0 Å². The minimum atomic E-state index is -2.03. The molecule has 0 aliphatic heterocycles. The lowest BCUT2D eigenvalue weighted by atomic mass is 9.86. The Morgan fingerprint density at radius 1 is 1.00 bits per heavy atom. The molecule has 0 aliphatic carbocycles. The summed E-state index contributed by atoms with van der Waals surface area (Å²) in [5, 5.41) is 0.732. The fourth-order valence-electron chi connectivity index (χ4n) is 4.24. The summed E-state index contributed by atoms with van der Waals surface area (Å²) in [5.74, 6) is 0.357. The van der Waals surface area contributed by atoms with Crippen LogP contribution in [0, 0.1) is 39.0 Å². The average Bonchev–Trinajstić information content (AvgIpc) is 2.58. The number of hydrogen-bond donors (Lipinski definition) is 0. The standard InChI is InChI=1S/C25H35O2P/c1-16(14-25(6,7)8)15-28(27)22-12-10-9-11-21(22)24(26)23-18(3)13-17(2)19(4)20(23)5/h9-13,16,28H,14-15H2,1-8H3. The van der Waals surface area contributed by atoms with Gasteiger partial charge in [0.1, 0.15) is 7.80 Å². The molecule has 0 aliphatic rings. The molecular weight excluding hydrogens is 363 g/mol. The molecule has 0 N–H and O–H groups in total. The summed E-state index contributed by atoms with van der Waals surface area (Å²) in [5.41, 5.74) is 5.93. The number of rotatable bonds is 6. The Kier molecular flexibility index (Phi) is 7.10. The molecule has 2 atom stereocenters. The molecular formula is C25H35O2P. The van der Waals surface area contributed by atoms with Gasteiger partial charge in [-0.1, -0.05) is 58.0 Å². The van der Waals surface area contributed by atoms with Crippen molar-refractivity contribution < 1.29 is 9.36 Å². The van der Waals surface area contributed by atoms with Crippen molar-refractivity contribution in [2.75, 3.05) is 6.16 Å². The number of ketones is 1. The minimum absolute atomic E-state index is 0.00414. The lowest BCUT2D eigenvalue weighted by Gasteiger charge is -2.23. The Morgan fingerprint density at radius 3 is 2.21 bits per heavy atom. The van der Waals surface area contributed by atoms with Crippen LogP contribution < -0.4 is 5.30 Å². The molecule has 0 heterocycles. The van der Waals surface area contributed by atoms with Crippen molar-refractivity contribution in [3.63, 3.8) is 0 Å². The summed E-state index contributed by atoms with van der Waals surface area (Å²) < 4.78 is 13.2. The van der Waals surface area contributed by atoms with Crippen molar-refractivity contribution in [3.05, 3.63) is 63.7 Å². The highest BCUT2D eigenvalue weighted by molar-refractivity contribution is 7.53. The molecule has 2 rings (SSSR count). The zero-order chi connectivity index (χ0) is 21.2. The highest BCUT2D eigenvalue weighted by atomic mass is 31.1. The van der Waals surface area contributed by atoms with Crippen LogP contribution in [-0.2, 0) is 4.57 Å². The Morgan fingerprint density at radius 2 is 1.61 bits per heavy atom. The molecule has 0 radical (unpaired) electrons. The first-order chi connectivity index (χ1) is 12.9. The maximum Gasteiger partial charge on any atom is 0.194 e. The van der Waals surface area contributed by atoms with Gasteiger partial charge in [0, 0.05) is 22.6 Å². The second kappa shape index (κ2) is 8.78. The summed E-state index contributed by atoms with van der Waals surface area (Å²) in [6.45, 7) is 16.9. The van der Waals surface area contributed by atoms with Gasteiger partial charge in [-0.3, -0.25) is 4.79 Å². The van der Waals surface area contributed by atoms with Gasteiger partial charge in [0.25, 0.3) is 0 Å². The van der Waals surface area contributed by atoms with Crippen LogP contribution in [0.25, 0.3) is 0 Å². The molecule has 28 heavy (non-hydrogen) atoms. The third-order valence-corrected chi connectivity index (χ3v) is 7.65. The molecule has 2 aromatic rings. The quantitative estimate of drug-likeness (QED) is 0.416. The Labute approximate surface area is 171 Å². The van der Waals surface area contributed by atoms with Crippen LogP contribution in [0.4, 0.5) is 0 Å². The monoisotopic (exact) mass is 398 g/mol. The van der Waals surface area contributed by atoms with Gasteiger partial charge in [-0.25, -0.2) is 0 Å². The van der Waals surface area contributed by atoms with Crippen molar-refractivity contribution in [1.29, 1.82) is 0 Å². The summed E-state index contributed by atoms with van der Waals surface area (Å²) in [6, 6.07) is 9.55. The van der Waals surface area contributed by atoms with Crippen LogP contribution in [0.5, 0.6) is 0 Å². The fourth-order valence-corrected chi connectivity index (χ4v) is 6.01. The van der Waals surface area contributed by atoms with E-state index in [0.29, 0.717) is 17.6 Å². The van der Waals surface area contributed by atoms with Gasteiger partial charge < -0.3 is 4.57 Å². The molecule has 0 fully saturated rings. The third-order valence-electron chi connectivity index (χ3n) is 5.55. The van der Waals surface area contributed by atoms with Gasteiger partial charge in [0.05, 0.1) is 0 Å². The predicted octanol–water partition coefficient (Wildman–Crippen LogP) is 6.41. The molecule has 0 aromatic heterocycles. The van der Waals surface area contributed by atoms with E-state index in [-0.39, 0.29) is 11.2 Å². The molecule has 0 amide bonds. The van der Waals surface area contributed by atoms with E-state index >= 15 is 0 Å². The Hall–Kier alpha value is -1.66. The first-order valence-electron chi connectivity index (χ1n) is 10.2. The van der Waals surface area contributed by atoms with Gasteiger partial charge in [-0.2, -0.15) is 0 Å². The van der Waals surface area contributed by atoms with Crippen molar-refractivity contribution in [2.24, 2.45) is 11.3 Å². The SMILES string of the molecule is Cc1cc(C)c(C(=O)c2ccccc2[PH](=O)CC(C)CC(C)(C)C)c(C)c1C. The molecule has 2 aromatic carbocycles.